The van der Waals surface area contributed by atoms with Gasteiger partial charge in [0, 0.05) is 18.6 Å². The van der Waals surface area contributed by atoms with Crippen molar-refractivity contribution in [1.82, 2.24) is 10.3 Å². The zero-order chi connectivity index (χ0) is 11.5. The van der Waals surface area contributed by atoms with Gasteiger partial charge in [0.15, 0.2) is 0 Å². The summed E-state index contributed by atoms with van der Waals surface area (Å²) in [6.45, 7) is 0. The second kappa shape index (κ2) is 4.18. The predicted molar refractivity (Wildman–Crippen MR) is 61.7 cm³/mol. The van der Waals surface area contributed by atoms with Crippen LogP contribution in [0.25, 0.3) is 10.9 Å². The lowest BCUT2D eigenvalue weighted by Gasteiger charge is -2.08. The first-order valence-electron chi connectivity index (χ1n) is 4.91. The summed E-state index contributed by atoms with van der Waals surface area (Å²) in [6, 6.07) is 7.32. The third-order valence-electron chi connectivity index (χ3n) is 2.40. The monoisotopic (exact) mass is 216 g/mol. The van der Waals surface area contributed by atoms with Crippen molar-refractivity contribution >= 4 is 16.8 Å². The number of hydrogen-bond donors (Lipinski definition) is 1. The average molecular weight is 216 g/mol. The summed E-state index contributed by atoms with van der Waals surface area (Å²) in [4.78, 5) is 15.8. The Morgan fingerprint density at radius 3 is 2.94 bits per heavy atom. The molecule has 0 aliphatic carbocycles. The van der Waals surface area contributed by atoms with Crippen molar-refractivity contribution in [2.45, 2.75) is 0 Å². The summed E-state index contributed by atoms with van der Waals surface area (Å²) in [7, 11) is 3.13. The Bertz CT molecular complexity index is 538. The number of nitrogens with one attached hydrogen (secondary N) is 1. The third-order valence-corrected chi connectivity index (χ3v) is 2.40. The molecule has 4 nitrogen and oxygen atoms in total. The van der Waals surface area contributed by atoms with E-state index in [4.69, 9.17) is 4.74 Å². The number of benzene rings is 1. The van der Waals surface area contributed by atoms with E-state index in [2.05, 4.69) is 10.3 Å². The molecular formula is C12H12N2O2. The minimum atomic E-state index is -0.176. The lowest BCUT2D eigenvalue weighted by atomic mass is 10.1. The number of pyridine rings is 1. The molecular weight excluding hydrogens is 204 g/mol. The summed E-state index contributed by atoms with van der Waals surface area (Å²) in [5.74, 6) is 0.379. The van der Waals surface area contributed by atoms with Crippen LogP contribution in [0.2, 0.25) is 0 Å². The van der Waals surface area contributed by atoms with Crippen LogP contribution in [0.3, 0.4) is 0 Å². The van der Waals surface area contributed by atoms with Crippen molar-refractivity contribution in [3.05, 3.63) is 36.0 Å². The Morgan fingerprint density at radius 2 is 2.25 bits per heavy atom. The molecule has 0 saturated heterocycles. The van der Waals surface area contributed by atoms with Gasteiger partial charge in [0.05, 0.1) is 18.2 Å². The highest BCUT2D eigenvalue weighted by Gasteiger charge is 2.12. The van der Waals surface area contributed by atoms with E-state index in [1.54, 1.807) is 26.4 Å². The molecule has 0 unspecified atom stereocenters. The Labute approximate surface area is 93.3 Å². The first kappa shape index (κ1) is 10.4. The van der Waals surface area contributed by atoms with Crippen LogP contribution in [0.4, 0.5) is 0 Å². The number of rotatable bonds is 2. The van der Waals surface area contributed by atoms with E-state index in [-0.39, 0.29) is 5.91 Å². The van der Waals surface area contributed by atoms with Crippen LogP contribution in [-0.4, -0.2) is 25.0 Å². The molecule has 16 heavy (non-hydrogen) atoms. The number of nitrogens with zero attached hydrogens (tertiary/aromatic N) is 1. The van der Waals surface area contributed by atoms with Gasteiger partial charge in [-0.3, -0.25) is 9.78 Å². The molecule has 0 aliphatic heterocycles. The van der Waals surface area contributed by atoms with Gasteiger partial charge < -0.3 is 10.1 Å². The van der Waals surface area contributed by atoms with Gasteiger partial charge in [-0.15, -0.1) is 0 Å². The maximum absolute atomic E-state index is 11.6. The molecule has 2 aromatic rings. The maximum Gasteiger partial charge on any atom is 0.254 e. The SMILES string of the molecule is CNC(=O)c1cc2ncccc2cc1OC. The fourth-order valence-corrected chi connectivity index (χ4v) is 1.58. The van der Waals surface area contributed by atoms with Crippen molar-refractivity contribution in [2.75, 3.05) is 14.2 Å². The second-order valence-electron chi connectivity index (χ2n) is 3.33. The molecule has 0 atom stereocenters. The van der Waals surface area contributed by atoms with E-state index in [0.29, 0.717) is 11.3 Å². The van der Waals surface area contributed by atoms with E-state index in [0.717, 1.165) is 10.9 Å². The molecule has 0 spiro atoms. The van der Waals surface area contributed by atoms with Gasteiger partial charge in [-0.2, -0.15) is 0 Å². The van der Waals surface area contributed by atoms with Gasteiger partial charge in [0.1, 0.15) is 5.75 Å². The first-order valence-corrected chi connectivity index (χ1v) is 4.91. The van der Waals surface area contributed by atoms with Crippen LogP contribution in [0.5, 0.6) is 5.75 Å². The van der Waals surface area contributed by atoms with E-state index in [9.17, 15) is 4.79 Å². The molecule has 0 aliphatic rings. The summed E-state index contributed by atoms with van der Waals surface area (Å²) in [6.07, 6.45) is 1.70. The van der Waals surface area contributed by atoms with Gasteiger partial charge in [0.2, 0.25) is 0 Å². The van der Waals surface area contributed by atoms with Crippen LogP contribution >= 0.6 is 0 Å². The Hall–Kier alpha value is -2.10. The number of fused-ring (bicyclic) bond motifs is 1. The van der Waals surface area contributed by atoms with Gasteiger partial charge in [0.25, 0.3) is 5.91 Å². The smallest absolute Gasteiger partial charge is 0.254 e. The molecule has 0 radical (unpaired) electrons. The molecule has 0 bridgehead atoms. The number of amides is 1. The average Bonchev–Trinajstić information content (AvgIpc) is 2.36. The number of carbonyl (C=O) groups excluding carboxylic acids is 1. The number of hydrogen-bond acceptors (Lipinski definition) is 3. The molecule has 1 heterocycles. The van der Waals surface area contributed by atoms with Gasteiger partial charge in [-0.05, 0) is 18.2 Å². The van der Waals surface area contributed by atoms with Crippen molar-refractivity contribution < 1.29 is 9.53 Å². The highest BCUT2D eigenvalue weighted by Crippen LogP contribution is 2.24. The first-order chi connectivity index (χ1) is 7.76. The zero-order valence-electron chi connectivity index (χ0n) is 9.15. The molecule has 82 valence electrons. The van der Waals surface area contributed by atoms with Crippen molar-refractivity contribution in [3.8, 4) is 5.75 Å². The molecule has 1 N–H and O–H groups in total. The summed E-state index contributed by atoms with van der Waals surface area (Å²) in [5, 5.41) is 3.52. The van der Waals surface area contributed by atoms with Crippen molar-refractivity contribution in [1.29, 1.82) is 0 Å². The van der Waals surface area contributed by atoms with Crippen LogP contribution in [-0.2, 0) is 0 Å². The number of ether oxygens (including phenoxy) is 1. The minimum Gasteiger partial charge on any atom is -0.496 e. The normalized spacial score (nSPS) is 10.1. The van der Waals surface area contributed by atoms with E-state index >= 15 is 0 Å². The van der Waals surface area contributed by atoms with Crippen molar-refractivity contribution in [3.63, 3.8) is 0 Å². The van der Waals surface area contributed by atoms with E-state index in [1.165, 1.54) is 0 Å². The summed E-state index contributed by atoms with van der Waals surface area (Å²) in [5.41, 5.74) is 1.28. The van der Waals surface area contributed by atoms with Gasteiger partial charge in [-0.1, -0.05) is 6.07 Å². The molecule has 1 aromatic carbocycles. The molecule has 4 heteroatoms. The lowest BCUT2D eigenvalue weighted by Crippen LogP contribution is -2.18. The highest BCUT2D eigenvalue weighted by molar-refractivity contribution is 6.00. The largest absolute Gasteiger partial charge is 0.496 e. The predicted octanol–water partition coefficient (Wildman–Crippen LogP) is 1.60. The van der Waals surface area contributed by atoms with Crippen LogP contribution in [0.1, 0.15) is 10.4 Å². The Balaban J connectivity index is 2.67. The Morgan fingerprint density at radius 1 is 1.44 bits per heavy atom. The second-order valence-corrected chi connectivity index (χ2v) is 3.33. The van der Waals surface area contributed by atoms with Gasteiger partial charge >= 0.3 is 0 Å². The van der Waals surface area contributed by atoms with Crippen molar-refractivity contribution in [2.24, 2.45) is 0 Å². The zero-order valence-corrected chi connectivity index (χ0v) is 9.15. The fraction of sp³-hybridized carbons (Fsp3) is 0.167. The van der Waals surface area contributed by atoms with E-state index in [1.807, 2.05) is 18.2 Å². The highest BCUT2D eigenvalue weighted by atomic mass is 16.5. The number of methoxy groups -OCH3 is 1. The molecule has 1 amide bonds. The van der Waals surface area contributed by atoms with Crippen LogP contribution < -0.4 is 10.1 Å². The maximum atomic E-state index is 11.6. The minimum absolute atomic E-state index is 0.176. The van der Waals surface area contributed by atoms with Gasteiger partial charge in [-0.25, -0.2) is 0 Å². The number of carbonyl (C=O) groups is 1. The topological polar surface area (TPSA) is 51.2 Å². The molecule has 0 fully saturated rings. The third kappa shape index (κ3) is 1.69. The fourth-order valence-electron chi connectivity index (χ4n) is 1.58. The molecule has 2 rings (SSSR count). The van der Waals surface area contributed by atoms with Crippen LogP contribution in [0.15, 0.2) is 30.5 Å². The number of aromatic nitrogens is 1. The summed E-state index contributed by atoms with van der Waals surface area (Å²) < 4.78 is 5.19. The molecule has 0 saturated carbocycles. The standard InChI is InChI=1S/C12H12N2O2/c1-13-12(15)9-7-10-8(4-3-5-14-10)6-11(9)16-2/h3-7H,1-2H3,(H,13,15). The lowest BCUT2D eigenvalue weighted by molar-refractivity contribution is 0.0960. The quantitative estimate of drug-likeness (QED) is 0.829. The Kier molecular flexibility index (Phi) is 2.72. The van der Waals surface area contributed by atoms with Crippen LogP contribution in [0, 0.1) is 0 Å². The molecule has 1 aromatic heterocycles. The summed E-state index contributed by atoms with van der Waals surface area (Å²) >= 11 is 0. The van der Waals surface area contributed by atoms with E-state index < -0.39 is 0 Å².